The van der Waals surface area contributed by atoms with Gasteiger partial charge in [0.1, 0.15) is 11.4 Å². The van der Waals surface area contributed by atoms with Crippen LogP contribution >= 0.6 is 0 Å². The highest BCUT2D eigenvalue weighted by atomic mass is 16.5. The van der Waals surface area contributed by atoms with E-state index in [1.807, 2.05) is 0 Å². The highest BCUT2D eigenvalue weighted by Crippen LogP contribution is 2.26. The van der Waals surface area contributed by atoms with Crippen LogP contribution in [-0.4, -0.2) is 39.1 Å². The Hall–Kier alpha value is -3.68. The summed E-state index contributed by atoms with van der Waals surface area (Å²) in [5, 5.41) is 19.7. The number of ether oxygens (including phenoxy) is 2. The molecule has 8 nitrogen and oxygen atoms in total. The monoisotopic (exact) mass is 367 g/mol. The number of esters is 1. The molecule has 0 saturated heterocycles. The van der Waals surface area contributed by atoms with Gasteiger partial charge in [-0.05, 0) is 31.2 Å². The second kappa shape index (κ2) is 8.13. The van der Waals surface area contributed by atoms with E-state index in [1.54, 1.807) is 61.5 Å². The van der Waals surface area contributed by atoms with Gasteiger partial charge >= 0.3 is 11.9 Å². The van der Waals surface area contributed by atoms with Crippen LogP contribution in [0, 0.1) is 0 Å². The first-order chi connectivity index (χ1) is 13.1. The number of carbonyl (C=O) groups is 2. The molecule has 138 valence electrons. The third kappa shape index (κ3) is 4.12. The van der Waals surface area contributed by atoms with Crippen molar-refractivity contribution in [2.24, 2.45) is 0 Å². The predicted octanol–water partition coefficient (Wildman–Crippen LogP) is 2.85. The number of carbonyl (C=O) groups excluding carboxylic acids is 1. The van der Waals surface area contributed by atoms with Crippen molar-refractivity contribution >= 4 is 11.9 Å². The molecule has 3 aromatic rings. The van der Waals surface area contributed by atoms with E-state index < -0.39 is 18.0 Å². The normalized spacial score (nSPS) is 11.6. The minimum absolute atomic E-state index is 0.0817. The van der Waals surface area contributed by atoms with E-state index >= 15 is 0 Å². The molecule has 8 heteroatoms. The molecule has 0 radical (unpaired) electrons. The molecular weight excluding hydrogens is 350 g/mol. The average Bonchev–Trinajstić information content (AvgIpc) is 3.17. The van der Waals surface area contributed by atoms with E-state index in [9.17, 15) is 14.7 Å². The van der Waals surface area contributed by atoms with Gasteiger partial charge in [-0.2, -0.15) is 10.3 Å². The standard InChI is InChI=1S/C19H17N3O5/c1-2-26-19(25)16-15(20-22-21-16)12-8-10-14(11-9-12)27-17(18(23)24)13-6-4-3-5-7-13/h3-11,17H,2H2,1H3,(H,23,24)(H,20,21,22). The summed E-state index contributed by atoms with van der Waals surface area (Å²) < 4.78 is 10.6. The third-order valence-electron chi connectivity index (χ3n) is 3.72. The quantitative estimate of drug-likeness (QED) is 0.617. The molecular formula is C19H17N3O5. The molecule has 0 amide bonds. The predicted molar refractivity (Wildman–Crippen MR) is 95.2 cm³/mol. The van der Waals surface area contributed by atoms with Gasteiger partial charge in [0, 0.05) is 11.1 Å². The van der Waals surface area contributed by atoms with Crippen LogP contribution in [0.4, 0.5) is 0 Å². The number of nitrogens with one attached hydrogen (secondary N) is 1. The summed E-state index contributed by atoms with van der Waals surface area (Å²) in [5.41, 5.74) is 1.58. The highest BCUT2D eigenvalue weighted by molar-refractivity contribution is 5.93. The first-order valence-electron chi connectivity index (χ1n) is 8.23. The lowest BCUT2D eigenvalue weighted by atomic mass is 10.1. The van der Waals surface area contributed by atoms with Gasteiger partial charge in [0.2, 0.25) is 6.10 Å². The number of hydrogen-bond acceptors (Lipinski definition) is 6. The molecule has 1 unspecified atom stereocenters. The number of aromatic amines is 1. The van der Waals surface area contributed by atoms with Crippen molar-refractivity contribution in [1.29, 1.82) is 0 Å². The Morgan fingerprint density at radius 2 is 1.78 bits per heavy atom. The molecule has 27 heavy (non-hydrogen) atoms. The van der Waals surface area contributed by atoms with Crippen molar-refractivity contribution in [3.8, 4) is 17.0 Å². The van der Waals surface area contributed by atoms with Crippen LogP contribution in [0.5, 0.6) is 5.75 Å². The molecule has 0 aliphatic heterocycles. The Morgan fingerprint density at radius 3 is 2.41 bits per heavy atom. The second-order valence-corrected chi connectivity index (χ2v) is 5.51. The van der Waals surface area contributed by atoms with E-state index in [2.05, 4.69) is 15.4 Å². The fraction of sp³-hybridized carbons (Fsp3) is 0.158. The number of rotatable bonds is 7. The van der Waals surface area contributed by atoms with Crippen LogP contribution in [0.15, 0.2) is 54.6 Å². The number of carboxylic acid groups (broad SMARTS) is 1. The largest absolute Gasteiger partial charge is 0.478 e. The van der Waals surface area contributed by atoms with E-state index in [4.69, 9.17) is 9.47 Å². The van der Waals surface area contributed by atoms with Gasteiger partial charge in [0.25, 0.3) is 0 Å². The number of nitrogens with zero attached hydrogens (tertiary/aromatic N) is 2. The Morgan fingerprint density at radius 1 is 1.07 bits per heavy atom. The molecule has 0 spiro atoms. The molecule has 0 aliphatic carbocycles. The van der Waals surface area contributed by atoms with Crippen LogP contribution in [-0.2, 0) is 9.53 Å². The Kier molecular flexibility index (Phi) is 5.46. The van der Waals surface area contributed by atoms with Gasteiger partial charge in [-0.15, -0.1) is 5.10 Å². The molecule has 0 saturated carbocycles. The van der Waals surface area contributed by atoms with Crippen molar-refractivity contribution < 1.29 is 24.2 Å². The number of hydrogen-bond donors (Lipinski definition) is 2. The zero-order valence-corrected chi connectivity index (χ0v) is 14.5. The first kappa shape index (κ1) is 18.1. The van der Waals surface area contributed by atoms with E-state index in [-0.39, 0.29) is 12.3 Å². The summed E-state index contributed by atoms with van der Waals surface area (Å²) in [6.07, 6.45) is -1.13. The lowest BCUT2D eigenvalue weighted by molar-refractivity contribution is -0.145. The fourth-order valence-electron chi connectivity index (χ4n) is 2.49. The molecule has 1 aromatic heterocycles. The maximum atomic E-state index is 11.9. The van der Waals surface area contributed by atoms with Crippen molar-refractivity contribution in [1.82, 2.24) is 15.4 Å². The molecule has 2 N–H and O–H groups in total. The lowest BCUT2D eigenvalue weighted by Gasteiger charge is -2.15. The number of aromatic nitrogens is 3. The zero-order chi connectivity index (χ0) is 19.2. The number of carboxylic acids is 1. The minimum Gasteiger partial charge on any atom is -0.478 e. The van der Waals surface area contributed by atoms with E-state index in [0.717, 1.165) is 0 Å². The van der Waals surface area contributed by atoms with Gasteiger partial charge in [-0.1, -0.05) is 30.3 Å². The molecule has 0 bridgehead atoms. The number of benzene rings is 2. The van der Waals surface area contributed by atoms with Gasteiger partial charge in [0.15, 0.2) is 5.69 Å². The third-order valence-corrected chi connectivity index (χ3v) is 3.72. The van der Waals surface area contributed by atoms with Crippen molar-refractivity contribution in [3.63, 3.8) is 0 Å². The highest BCUT2D eigenvalue weighted by Gasteiger charge is 2.22. The first-order valence-corrected chi connectivity index (χ1v) is 8.23. The summed E-state index contributed by atoms with van der Waals surface area (Å²) in [6.45, 7) is 1.93. The van der Waals surface area contributed by atoms with Crippen LogP contribution in [0.3, 0.4) is 0 Å². The van der Waals surface area contributed by atoms with Gasteiger partial charge in [0.05, 0.1) is 6.61 Å². The molecule has 2 aromatic carbocycles. The average molecular weight is 367 g/mol. The second-order valence-electron chi connectivity index (χ2n) is 5.51. The van der Waals surface area contributed by atoms with Crippen molar-refractivity contribution in [3.05, 3.63) is 65.9 Å². The fourth-order valence-corrected chi connectivity index (χ4v) is 2.49. The van der Waals surface area contributed by atoms with Gasteiger partial charge < -0.3 is 14.6 Å². The zero-order valence-electron chi connectivity index (χ0n) is 14.5. The maximum absolute atomic E-state index is 11.9. The van der Waals surface area contributed by atoms with Gasteiger partial charge in [-0.25, -0.2) is 9.59 Å². The summed E-state index contributed by atoms with van der Waals surface area (Å²) in [4.78, 5) is 23.4. The Bertz CT molecular complexity index is 922. The maximum Gasteiger partial charge on any atom is 0.361 e. The molecule has 1 atom stereocenters. The SMILES string of the molecule is CCOC(=O)c1n[nH]nc1-c1ccc(OC(C(=O)O)c2ccccc2)cc1. The van der Waals surface area contributed by atoms with E-state index in [1.165, 1.54) is 0 Å². The van der Waals surface area contributed by atoms with E-state index in [0.29, 0.717) is 22.6 Å². The molecule has 0 aliphatic rings. The molecule has 3 rings (SSSR count). The van der Waals surface area contributed by atoms with Crippen molar-refractivity contribution in [2.45, 2.75) is 13.0 Å². The number of aliphatic carboxylic acids is 1. The summed E-state index contributed by atoms with van der Waals surface area (Å²) in [7, 11) is 0. The topological polar surface area (TPSA) is 114 Å². The van der Waals surface area contributed by atoms with Crippen LogP contribution in [0.25, 0.3) is 11.3 Å². The van der Waals surface area contributed by atoms with Crippen LogP contribution in [0.1, 0.15) is 29.1 Å². The minimum atomic E-state index is -1.13. The lowest BCUT2D eigenvalue weighted by Crippen LogP contribution is -2.18. The van der Waals surface area contributed by atoms with Crippen molar-refractivity contribution in [2.75, 3.05) is 6.61 Å². The van der Waals surface area contributed by atoms with Crippen LogP contribution in [0.2, 0.25) is 0 Å². The van der Waals surface area contributed by atoms with Gasteiger partial charge in [-0.3, -0.25) is 0 Å². The molecule has 0 fully saturated rings. The summed E-state index contributed by atoms with van der Waals surface area (Å²) in [6, 6.07) is 15.2. The summed E-state index contributed by atoms with van der Waals surface area (Å²) >= 11 is 0. The summed E-state index contributed by atoms with van der Waals surface area (Å²) in [5.74, 6) is -1.29. The van der Waals surface area contributed by atoms with Crippen LogP contribution < -0.4 is 4.74 Å². The molecule has 1 heterocycles. The smallest absolute Gasteiger partial charge is 0.361 e. The Labute approximate surface area is 154 Å². The number of H-pyrrole nitrogens is 1. The Balaban J connectivity index is 1.81.